The third-order valence-electron chi connectivity index (χ3n) is 3.09. The van der Waals surface area contributed by atoms with Crippen molar-refractivity contribution in [2.45, 2.75) is 59.3 Å². The summed E-state index contributed by atoms with van der Waals surface area (Å²) in [6.45, 7) is 14.1. The van der Waals surface area contributed by atoms with Gasteiger partial charge in [-0.1, -0.05) is 41.5 Å². The van der Waals surface area contributed by atoms with Crippen LogP contribution in [-0.4, -0.2) is 4.98 Å². The van der Waals surface area contributed by atoms with Crippen molar-refractivity contribution in [1.29, 1.82) is 10.5 Å². The molecular weight excluding hydrogens is 234 g/mol. The van der Waals surface area contributed by atoms with E-state index in [0.29, 0.717) is 11.1 Å². The van der Waals surface area contributed by atoms with Crippen molar-refractivity contribution in [3.63, 3.8) is 0 Å². The molecule has 1 aromatic rings. The van der Waals surface area contributed by atoms with Gasteiger partial charge in [0.15, 0.2) is 0 Å². The van der Waals surface area contributed by atoms with Gasteiger partial charge in [0.05, 0.1) is 22.5 Å². The van der Waals surface area contributed by atoms with E-state index in [0.717, 1.165) is 17.0 Å². The fourth-order valence-corrected chi connectivity index (χ4v) is 2.06. The van der Waals surface area contributed by atoms with Crippen LogP contribution in [0.5, 0.6) is 0 Å². The van der Waals surface area contributed by atoms with Gasteiger partial charge in [0.2, 0.25) is 0 Å². The second-order valence-electron chi connectivity index (χ2n) is 6.91. The second kappa shape index (κ2) is 4.67. The van der Waals surface area contributed by atoms with Crippen molar-refractivity contribution in [3.8, 4) is 12.1 Å². The maximum atomic E-state index is 9.38. The van der Waals surface area contributed by atoms with Gasteiger partial charge in [-0.25, -0.2) is 0 Å². The first-order valence-corrected chi connectivity index (χ1v) is 6.39. The monoisotopic (exact) mass is 255 g/mol. The molecule has 0 aliphatic carbocycles. The molecule has 0 aliphatic rings. The van der Waals surface area contributed by atoms with E-state index in [-0.39, 0.29) is 10.8 Å². The molecule has 19 heavy (non-hydrogen) atoms. The molecule has 0 N–H and O–H groups in total. The minimum absolute atomic E-state index is 0.218. The first-order valence-electron chi connectivity index (χ1n) is 6.39. The maximum absolute atomic E-state index is 9.38. The highest BCUT2D eigenvalue weighted by molar-refractivity contribution is 5.54. The van der Waals surface area contributed by atoms with E-state index < -0.39 is 0 Å². The lowest BCUT2D eigenvalue weighted by Crippen LogP contribution is -2.24. The van der Waals surface area contributed by atoms with Crippen LogP contribution >= 0.6 is 0 Å². The lowest BCUT2D eigenvalue weighted by molar-refractivity contribution is 0.527. The Morgan fingerprint density at radius 3 is 1.32 bits per heavy atom. The highest BCUT2D eigenvalue weighted by Crippen LogP contribution is 2.33. The second-order valence-corrected chi connectivity index (χ2v) is 6.91. The third-order valence-corrected chi connectivity index (χ3v) is 3.09. The van der Waals surface area contributed by atoms with Crippen molar-refractivity contribution in [2.75, 3.05) is 0 Å². The number of hydrogen-bond acceptors (Lipinski definition) is 3. The highest BCUT2D eigenvalue weighted by Gasteiger charge is 2.29. The van der Waals surface area contributed by atoms with Crippen molar-refractivity contribution in [1.82, 2.24) is 4.98 Å². The molecule has 0 aromatic carbocycles. The average Bonchev–Trinajstić information content (AvgIpc) is 2.24. The minimum atomic E-state index is -0.218. The van der Waals surface area contributed by atoms with Crippen molar-refractivity contribution >= 4 is 0 Å². The number of nitriles is 2. The summed E-state index contributed by atoms with van der Waals surface area (Å²) in [5, 5.41) is 18.8. The predicted molar refractivity (Wildman–Crippen MR) is 75.8 cm³/mol. The number of rotatable bonds is 0. The number of nitrogens with zero attached hydrogens (tertiary/aromatic N) is 3. The van der Waals surface area contributed by atoms with E-state index in [2.05, 4.69) is 17.1 Å². The van der Waals surface area contributed by atoms with Crippen LogP contribution in [0.4, 0.5) is 0 Å². The molecule has 3 nitrogen and oxygen atoms in total. The summed E-state index contributed by atoms with van der Waals surface area (Å²) in [4.78, 5) is 4.67. The van der Waals surface area contributed by atoms with Crippen LogP contribution in [0.15, 0.2) is 0 Å². The molecular formula is C16H21N3. The third kappa shape index (κ3) is 2.76. The first-order chi connectivity index (χ1) is 8.54. The molecule has 0 bridgehead atoms. The molecule has 0 unspecified atom stereocenters. The summed E-state index contributed by atoms with van der Waals surface area (Å²) in [6, 6.07) is 4.42. The lowest BCUT2D eigenvalue weighted by atomic mass is 9.81. The van der Waals surface area contributed by atoms with Crippen molar-refractivity contribution < 1.29 is 0 Å². The van der Waals surface area contributed by atoms with Gasteiger partial charge in [0, 0.05) is 10.8 Å². The molecule has 0 spiro atoms. The summed E-state index contributed by atoms with van der Waals surface area (Å²) in [7, 11) is 0. The topological polar surface area (TPSA) is 60.5 Å². The zero-order chi connectivity index (χ0) is 15.0. The normalized spacial score (nSPS) is 11.8. The molecule has 3 heteroatoms. The van der Waals surface area contributed by atoms with Gasteiger partial charge in [-0.15, -0.1) is 0 Å². The lowest BCUT2D eigenvalue weighted by Gasteiger charge is -2.27. The molecule has 0 saturated heterocycles. The van der Waals surface area contributed by atoms with Crippen LogP contribution in [0.3, 0.4) is 0 Å². The zero-order valence-electron chi connectivity index (χ0n) is 12.8. The highest BCUT2D eigenvalue weighted by atomic mass is 14.8. The largest absolute Gasteiger partial charge is 0.254 e. The summed E-state index contributed by atoms with van der Waals surface area (Å²) < 4.78 is 0. The Morgan fingerprint density at radius 2 is 1.11 bits per heavy atom. The SMILES string of the molecule is Cc1c(C#N)c(C(C)(C)C)nc(C(C)(C)C)c1C#N. The van der Waals surface area contributed by atoms with Crippen LogP contribution in [0.2, 0.25) is 0 Å². The standard InChI is InChI=1S/C16H21N3/c1-10-11(8-17)13(15(2,3)4)19-14(12(10)9-18)16(5,6)7/h1-7H3. The molecule has 1 heterocycles. The fourth-order valence-electron chi connectivity index (χ4n) is 2.06. The van der Waals surface area contributed by atoms with Crippen LogP contribution in [0, 0.1) is 29.6 Å². The van der Waals surface area contributed by atoms with E-state index in [1.54, 1.807) is 0 Å². The number of hydrogen-bond donors (Lipinski definition) is 0. The minimum Gasteiger partial charge on any atom is -0.254 e. The first kappa shape index (κ1) is 15.2. The van der Waals surface area contributed by atoms with E-state index in [4.69, 9.17) is 0 Å². The van der Waals surface area contributed by atoms with Crippen LogP contribution in [0.25, 0.3) is 0 Å². The van der Waals surface area contributed by atoms with E-state index in [9.17, 15) is 10.5 Å². The van der Waals surface area contributed by atoms with Gasteiger partial charge in [0.25, 0.3) is 0 Å². The number of pyridine rings is 1. The Kier molecular flexibility index (Phi) is 3.73. The van der Waals surface area contributed by atoms with Gasteiger partial charge >= 0.3 is 0 Å². The van der Waals surface area contributed by atoms with Crippen molar-refractivity contribution in [2.24, 2.45) is 0 Å². The summed E-state index contributed by atoms with van der Waals surface area (Å²) in [6.07, 6.45) is 0. The molecule has 0 amide bonds. The van der Waals surface area contributed by atoms with Crippen LogP contribution in [0.1, 0.15) is 69.6 Å². The van der Waals surface area contributed by atoms with Gasteiger partial charge in [-0.2, -0.15) is 10.5 Å². The fraction of sp³-hybridized carbons (Fsp3) is 0.562. The summed E-state index contributed by atoms with van der Waals surface area (Å²) >= 11 is 0. The molecule has 100 valence electrons. The molecule has 1 rings (SSSR count). The zero-order valence-corrected chi connectivity index (χ0v) is 12.8. The molecule has 0 aliphatic heterocycles. The van der Waals surface area contributed by atoms with E-state index in [1.807, 2.05) is 48.5 Å². The number of aromatic nitrogens is 1. The molecule has 1 aromatic heterocycles. The Bertz CT molecular complexity index is 535. The predicted octanol–water partition coefficient (Wildman–Crippen LogP) is 3.73. The Balaban J connectivity index is 3.87. The Morgan fingerprint density at radius 1 is 0.789 bits per heavy atom. The van der Waals surface area contributed by atoms with E-state index >= 15 is 0 Å². The molecule has 0 radical (unpaired) electrons. The van der Waals surface area contributed by atoms with Crippen LogP contribution < -0.4 is 0 Å². The smallest absolute Gasteiger partial charge is 0.101 e. The summed E-state index contributed by atoms with van der Waals surface area (Å²) in [5.41, 5.74) is 2.94. The van der Waals surface area contributed by atoms with Crippen LogP contribution in [-0.2, 0) is 10.8 Å². The van der Waals surface area contributed by atoms with Crippen molar-refractivity contribution in [3.05, 3.63) is 28.1 Å². The average molecular weight is 255 g/mol. The van der Waals surface area contributed by atoms with Gasteiger partial charge in [-0.05, 0) is 12.5 Å². The molecule has 0 fully saturated rings. The van der Waals surface area contributed by atoms with E-state index in [1.165, 1.54) is 0 Å². The Labute approximate surface area is 115 Å². The van der Waals surface area contributed by atoms with Gasteiger partial charge in [-0.3, -0.25) is 4.98 Å². The van der Waals surface area contributed by atoms with Gasteiger partial charge in [0.1, 0.15) is 12.1 Å². The molecule has 0 atom stereocenters. The maximum Gasteiger partial charge on any atom is 0.101 e. The summed E-state index contributed by atoms with van der Waals surface area (Å²) in [5.74, 6) is 0. The molecule has 0 saturated carbocycles. The van der Waals surface area contributed by atoms with Gasteiger partial charge < -0.3 is 0 Å². The Hall–Kier alpha value is -1.87. The quantitative estimate of drug-likeness (QED) is 0.709.